The maximum Gasteiger partial charge on any atom is 0.235 e. The Morgan fingerprint density at radius 1 is 0.209 bits per heavy atom. The Morgan fingerprint density at radius 3 is 1.10 bits per heavy atom. The average Bonchev–Trinajstić information content (AvgIpc) is 1.49. The van der Waals surface area contributed by atoms with Gasteiger partial charge in [0, 0.05) is 124 Å². The van der Waals surface area contributed by atoms with Gasteiger partial charge in [-0.2, -0.15) is 0 Å². The molecule has 18 aromatic carbocycles. The van der Waals surface area contributed by atoms with Crippen LogP contribution >= 0.6 is 22.7 Å². The number of nitrogens with zero attached hydrogens (tertiary/aromatic N) is 10. The quantitative estimate of drug-likeness (QED) is 0.120. The lowest BCUT2D eigenvalue weighted by Gasteiger charge is -2.21. The molecule has 0 N–H and O–H groups in total. The van der Waals surface area contributed by atoms with Gasteiger partial charge in [0.2, 0.25) is 11.9 Å². The number of thiophene rings is 2. The molecule has 0 saturated carbocycles. The zero-order valence-electron chi connectivity index (χ0n) is 73.0. The highest BCUT2D eigenvalue weighted by Gasteiger charge is 2.37. The molecule has 26 aromatic rings. The molecule has 0 unspecified atom stereocenters. The molecule has 8 heterocycles. The lowest BCUT2D eigenvalue weighted by Crippen LogP contribution is -2.14. The summed E-state index contributed by atoms with van der Waals surface area (Å²) in [6, 6.07) is 155. The maximum atomic E-state index is 5.09. The van der Waals surface area contributed by atoms with E-state index in [4.69, 9.17) is 34.9 Å². The van der Waals surface area contributed by atoms with Crippen molar-refractivity contribution in [2.45, 2.75) is 19.3 Å². The fourth-order valence-corrected chi connectivity index (χ4v) is 22.5. The summed E-state index contributed by atoms with van der Waals surface area (Å²) in [5.74, 6) is 3.29. The van der Waals surface area contributed by atoms with Crippen molar-refractivity contribution in [3.05, 3.63) is 460 Å². The van der Waals surface area contributed by atoms with Crippen molar-refractivity contribution in [2.24, 2.45) is 0 Å². The van der Waals surface area contributed by atoms with Gasteiger partial charge in [-0.1, -0.05) is 354 Å². The zero-order chi connectivity index (χ0) is 88.9. The number of para-hydroxylation sites is 2. The van der Waals surface area contributed by atoms with Crippen molar-refractivity contribution >= 4 is 128 Å². The van der Waals surface area contributed by atoms with Crippen LogP contribution in [-0.2, 0) is 5.41 Å². The highest BCUT2D eigenvalue weighted by molar-refractivity contribution is 7.26. The molecule has 630 valence electrons. The van der Waals surface area contributed by atoms with Gasteiger partial charge in [-0.15, -0.1) is 22.7 Å². The summed E-state index contributed by atoms with van der Waals surface area (Å²) in [5, 5.41) is 12.5. The summed E-state index contributed by atoms with van der Waals surface area (Å²) >= 11 is 3.74. The second kappa shape index (κ2) is 32.9. The minimum Gasteiger partial charge on any atom is -0.309 e. The molecule has 1 aliphatic rings. The summed E-state index contributed by atoms with van der Waals surface area (Å²) < 4.78 is 12.1. The van der Waals surface area contributed by atoms with Gasteiger partial charge in [0.25, 0.3) is 0 Å². The van der Waals surface area contributed by atoms with Crippen molar-refractivity contribution in [1.82, 2.24) is 48.6 Å². The Kier molecular flexibility index (Phi) is 19.4. The van der Waals surface area contributed by atoms with Crippen molar-refractivity contribution in [3.8, 4) is 130 Å². The van der Waals surface area contributed by atoms with Crippen LogP contribution in [0.2, 0.25) is 0 Å². The number of aromatic nitrogens is 10. The molecule has 0 spiro atoms. The first kappa shape index (κ1) is 79.2. The minimum atomic E-state index is -0.0875. The zero-order valence-corrected chi connectivity index (χ0v) is 74.6. The van der Waals surface area contributed by atoms with Gasteiger partial charge >= 0.3 is 0 Å². The first-order chi connectivity index (χ1) is 66.2. The lowest BCUT2D eigenvalue weighted by molar-refractivity contribution is 0.661. The van der Waals surface area contributed by atoms with E-state index in [1.807, 2.05) is 132 Å². The van der Waals surface area contributed by atoms with Crippen LogP contribution in [0.4, 0.5) is 0 Å². The van der Waals surface area contributed by atoms with E-state index in [0.717, 1.165) is 67.0 Å². The molecule has 0 atom stereocenters. The van der Waals surface area contributed by atoms with Crippen molar-refractivity contribution in [2.75, 3.05) is 0 Å². The predicted octanol–water partition coefficient (Wildman–Crippen LogP) is 32.2. The molecule has 12 heteroatoms. The second-order valence-electron chi connectivity index (χ2n) is 34.6. The normalized spacial score (nSPS) is 12.2. The van der Waals surface area contributed by atoms with Gasteiger partial charge in [-0.05, 0) is 164 Å². The first-order valence-corrected chi connectivity index (χ1v) is 46.8. The van der Waals surface area contributed by atoms with E-state index in [0.29, 0.717) is 29.4 Å². The highest BCUT2D eigenvalue weighted by atomic mass is 32.1. The van der Waals surface area contributed by atoms with Gasteiger partial charge in [-0.25, -0.2) is 34.9 Å². The molecule has 1 aliphatic carbocycles. The lowest BCUT2D eigenvalue weighted by atomic mass is 9.82. The van der Waals surface area contributed by atoms with E-state index in [1.165, 1.54) is 150 Å². The first-order valence-electron chi connectivity index (χ1n) is 45.2. The maximum absolute atomic E-state index is 5.09. The molecule has 0 saturated heterocycles. The summed E-state index contributed by atoms with van der Waals surface area (Å²) in [5.41, 5.74) is 29.6. The molecule has 8 aromatic heterocycles. The predicted molar refractivity (Wildman–Crippen MR) is 559 cm³/mol. The molecule has 10 nitrogen and oxygen atoms in total. The molecule has 134 heavy (non-hydrogen) atoms. The minimum absolute atomic E-state index is 0.0875. The number of hydrogen-bond donors (Lipinski definition) is 0. The number of rotatable bonds is 12. The monoisotopic (exact) mass is 1750 g/mol. The number of hydrogen-bond acceptors (Lipinski definition) is 9. The third-order valence-electron chi connectivity index (χ3n) is 26.5. The molecule has 0 radical (unpaired) electrons. The van der Waals surface area contributed by atoms with Gasteiger partial charge in [0.1, 0.15) is 0 Å². The van der Waals surface area contributed by atoms with Crippen LogP contribution in [0.3, 0.4) is 0 Å². The topological polar surface area (TPSA) is 105 Å². The van der Waals surface area contributed by atoms with E-state index in [9.17, 15) is 0 Å². The summed E-state index contributed by atoms with van der Waals surface area (Å²) in [7, 11) is 0. The summed E-state index contributed by atoms with van der Waals surface area (Å²) in [6.45, 7) is 4.68. The Balaban J connectivity index is 0.000000108. The van der Waals surface area contributed by atoms with Gasteiger partial charge in [0.05, 0.1) is 44.5 Å². The standard InChI is InChI=1S/C42H30N4.2C40H25N3S/c1-42(2)35-22-11-9-20-31(35)33-25-34-32-21-10-12-23-37(32)46(38(34)26-36(33)42)30-19-13-18-29(24-30)41-44-39(27-14-5-3-6-15-27)43-40(45-41)28-16-7-4-8-17-28;1-3-10-26(11-4-1)28-18-20-36-33(24-28)34-25-29(30-15-9-16-32-31-14-7-8-17-38(31)44-39(30)32)19-21-37(34)43(36)40-41-23-22-35(42-40)27-12-5-2-6-13-27;1-2-9-26(10-3-1)27-17-19-28(20-18-27)35-23-24-41-40(42-35)43-36-15-6-4-11-31(36)34-25-29(21-22-37(34)43)30-13-8-14-33-32-12-5-7-16-38(32)44-39(30)33/h3-26H,1-2H3;2*1-25H. The van der Waals surface area contributed by atoms with E-state index in [-0.39, 0.29) is 5.41 Å². The third-order valence-corrected chi connectivity index (χ3v) is 28.9. The second-order valence-corrected chi connectivity index (χ2v) is 36.7. The van der Waals surface area contributed by atoms with Crippen LogP contribution in [0.5, 0.6) is 0 Å². The van der Waals surface area contributed by atoms with Crippen LogP contribution < -0.4 is 0 Å². The van der Waals surface area contributed by atoms with Gasteiger partial charge in [0.15, 0.2) is 17.5 Å². The summed E-state index contributed by atoms with van der Waals surface area (Å²) in [4.78, 5) is 34.6. The van der Waals surface area contributed by atoms with E-state index in [1.54, 1.807) is 0 Å². The Labute approximate surface area is 780 Å². The number of fused-ring (bicyclic) bond motifs is 18. The van der Waals surface area contributed by atoms with Crippen LogP contribution in [0, 0.1) is 0 Å². The average molecular weight is 1750 g/mol. The van der Waals surface area contributed by atoms with Crippen LogP contribution in [0.25, 0.3) is 236 Å². The van der Waals surface area contributed by atoms with Crippen molar-refractivity contribution in [1.29, 1.82) is 0 Å². The number of benzene rings is 18. The fourth-order valence-electron chi connectivity index (χ4n) is 20.0. The molecule has 0 bridgehead atoms. The summed E-state index contributed by atoms with van der Waals surface area (Å²) in [6.07, 6.45) is 3.72. The molecule has 27 rings (SSSR count). The molecule has 0 amide bonds. The highest BCUT2D eigenvalue weighted by Crippen LogP contribution is 2.52. The van der Waals surface area contributed by atoms with Gasteiger partial charge in [-0.3, -0.25) is 9.13 Å². The molecule has 0 fully saturated rings. The Hall–Kier alpha value is -17.0. The van der Waals surface area contributed by atoms with Crippen molar-refractivity contribution in [3.63, 3.8) is 0 Å². The SMILES string of the molecule is CC1(C)c2ccccc2-c2cc3c4ccccc4n(-c4cccc(-c5nc(-c6ccccc6)nc(-c6ccccc6)n5)c4)c3cc21.c1ccc(-c2ccc(-c3ccnc(-n4c5ccccc5c5cc(-c6cccc7c6sc6ccccc67)ccc54)n3)cc2)cc1.c1ccc(-c2ccc3c(c2)c2cc(-c4cccc5c4sc4ccccc45)ccc2n3-c2nccc(-c3ccccc3)n2)cc1. The van der Waals surface area contributed by atoms with E-state index >= 15 is 0 Å². The fraction of sp³-hybridized carbons (Fsp3) is 0.0246. The van der Waals surface area contributed by atoms with Crippen LogP contribution in [0.15, 0.2) is 449 Å². The van der Waals surface area contributed by atoms with Crippen LogP contribution in [0.1, 0.15) is 25.0 Å². The van der Waals surface area contributed by atoms with Crippen molar-refractivity contribution < 1.29 is 0 Å². The molecule has 0 aliphatic heterocycles. The third kappa shape index (κ3) is 13.8. The Morgan fingerprint density at radius 2 is 0.567 bits per heavy atom. The Bertz CT molecular complexity index is 9030. The smallest absolute Gasteiger partial charge is 0.235 e. The molecular weight excluding hydrogens is 1670 g/mol. The van der Waals surface area contributed by atoms with Crippen LogP contribution in [-0.4, -0.2) is 48.6 Å². The van der Waals surface area contributed by atoms with E-state index < -0.39 is 0 Å². The van der Waals surface area contributed by atoms with Gasteiger partial charge < -0.3 is 4.57 Å². The van der Waals surface area contributed by atoms with E-state index in [2.05, 4.69) is 367 Å². The largest absolute Gasteiger partial charge is 0.309 e. The molecular formula is C122H80N10S2.